The van der Waals surface area contributed by atoms with Gasteiger partial charge >= 0.3 is 11.9 Å². The Balaban J connectivity index is 1.92. The van der Waals surface area contributed by atoms with Gasteiger partial charge in [0.25, 0.3) is 0 Å². The predicted octanol–water partition coefficient (Wildman–Crippen LogP) is 1.07. The molecule has 0 saturated heterocycles. The monoisotopic (exact) mass is 273 g/mol. The molecule has 0 fully saturated rings. The molecule has 6 heteroatoms. The van der Waals surface area contributed by atoms with Gasteiger partial charge in [-0.05, 0) is 41.9 Å². The van der Waals surface area contributed by atoms with Crippen molar-refractivity contribution in [1.82, 2.24) is 5.32 Å². The van der Waals surface area contributed by atoms with Crippen LogP contribution in [0.4, 0.5) is 0 Å². The van der Waals surface area contributed by atoms with Crippen molar-refractivity contribution in [2.45, 2.75) is 12.5 Å². The largest absolute Gasteiger partial charge is 0.477 e. The zero-order valence-electron chi connectivity index (χ0n) is 10.3. The lowest BCUT2D eigenvalue weighted by Crippen LogP contribution is -2.35. The van der Waals surface area contributed by atoms with Gasteiger partial charge < -0.3 is 20.3 Å². The van der Waals surface area contributed by atoms with Gasteiger partial charge in [-0.3, -0.25) is 0 Å². The molecule has 20 heavy (non-hydrogen) atoms. The number of ether oxygens (including phenoxy) is 1. The number of carboxylic acids is 2. The summed E-state index contributed by atoms with van der Waals surface area (Å²) in [5, 5.41) is 20.7. The number of rotatable bonds is 2. The van der Waals surface area contributed by atoms with Crippen molar-refractivity contribution < 1.29 is 24.5 Å². The van der Waals surface area contributed by atoms with E-state index < -0.39 is 11.9 Å². The van der Waals surface area contributed by atoms with Crippen molar-refractivity contribution in [2.75, 3.05) is 0 Å². The first-order chi connectivity index (χ1) is 9.54. The number of carboxylic acid groups (broad SMARTS) is 2. The number of carbonyl (C=O) groups is 2. The first kappa shape index (κ1) is 12.3. The van der Waals surface area contributed by atoms with E-state index in [-0.39, 0.29) is 17.5 Å². The number of allylic oxidation sites excluding steroid dienone is 4. The Morgan fingerprint density at radius 1 is 1.25 bits per heavy atom. The standard InChI is InChI=1S/C14H11NO5/c16-13(17)9-3-1-7-5-8-2-4-11(14(18)19)20-12(8)6-10(7)15-9/h1,3-6,10,15H,2H2,(H,16,17)(H,18,19). The molecule has 0 spiro atoms. The minimum absolute atomic E-state index is 0.0947. The van der Waals surface area contributed by atoms with Crippen LogP contribution in [0.5, 0.6) is 0 Å². The van der Waals surface area contributed by atoms with Gasteiger partial charge in [0.1, 0.15) is 11.5 Å². The van der Waals surface area contributed by atoms with Crippen LogP contribution >= 0.6 is 0 Å². The summed E-state index contributed by atoms with van der Waals surface area (Å²) in [4.78, 5) is 21.8. The van der Waals surface area contributed by atoms with E-state index in [1.165, 1.54) is 12.2 Å². The third kappa shape index (κ3) is 2.01. The molecular weight excluding hydrogens is 262 g/mol. The van der Waals surface area contributed by atoms with Crippen LogP contribution in [0.25, 0.3) is 0 Å². The molecule has 0 bridgehead atoms. The van der Waals surface area contributed by atoms with Crippen LogP contribution in [-0.2, 0) is 14.3 Å². The second-order valence-corrected chi connectivity index (χ2v) is 4.55. The third-order valence-corrected chi connectivity index (χ3v) is 3.26. The van der Waals surface area contributed by atoms with Gasteiger partial charge in [0, 0.05) is 0 Å². The Bertz CT molecular complexity index is 663. The number of fused-ring (bicyclic) bond motifs is 2. The molecule has 102 valence electrons. The second kappa shape index (κ2) is 4.41. The van der Waals surface area contributed by atoms with Crippen molar-refractivity contribution in [2.24, 2.45) is 0 Å². The maximum Gasteiger partial charge on any atom is 0.371 e. The van der Waals surface area contributed by atoms with Crippen LogP contribution < -0.4 is 5.32 Å². The predicted molar refractivity (Wildman–Crippen MR) is 68.3 cm³/mol. The summed E-state index contributed by atoms with van der Waals surface area (Å²) in [7, 11) is 0. The quantitative estimate of drug-likeness (QED) is 0.696. The molecule has 1 aliphatic carbocycles. The molecule has 6 nitrogen and oxygen atoms in total. The van der Waals surface area contributed by atoms with E-state index in [2.05, 4.69) is 5.32 Å². The molecule has 3 N–H and O–H groups in total. The summed E-state index contributed by atoms with van der Waals surface area (Å²) in [5.74, 6) is -1.80. The summed E-state index contributed by atoms with van der Waals surface area (Å²) < 4.78 is 5.32. The molecule has 3 rings (SSSR count). The summed E-state index contributed by atoms with van der Waals surface area (Å²) in [5.41, 5.74) is 1.90. The van der Waals surface area contributed by atoms with Crippen LogP contribution in [0.15, 0.2) is 58.7 Å². The zero-order valence-corrected chi connectivity index (χ0v) is 10.3. The zero-order chi connectivity index (χ0) is 14.3. The Hall–Kier alpha value is -2.76. The van der Waals surface area contributed by atoms with Gasteiger partial charge in [-0.15, -0.1) is 0 Å². The number of hydrogen-bond acceptors (Lipinski definition) is 4. The Kier molecular flexibility index (Phi) is 2.71. The fraction of sp³-hybridized carbons (Fsp3) is 0.143. The van der Waals surface area contributed by atoms with Gasteiger partial charge in [-0.2, -0.15) is 0 Å². The van der Waals surface area contributed by atoms with Crippen LogP contribution in [-0.4, -0.2) is 28.2 Å². The van der Waals surface area contributed by atoms with E-state index in [0.29, 0.717) is 12.2 Å². The van der Waals surface area contributed by atoms with E-state index in [9.17, 15) is 9.59 Å². The van der Waals surface area contributed by atoms with Crippen LogP contribution in [0.2, 0.25) is 0 Å². The van der Waals surface area contributed by atoms with E-state index >= 15 is 0 Å². The third-order valence-electron chi connectivity index (χ3n) is 3.26. The lowest BCUT2D eigenvalue weighted by atomic mass is 9.91. The summed E-state index contributed by atoms with van der Waals surface area (Å²) in [6.45, 7) is 0. The second-order valence-electron chi connectivity index (χ2n) is 4.55. The first-order valence-electron chi connectivity index (χ1n) is 6.00. The number of hydrogen-bond donors (Lipinski definition) is 3. The molecule has 2 heterocycles. The highest BCUT2D eigenvalue weighted by Crippen LogP contribution is 2.33. The molecule has 0 saturated carbocycles. The molecule has 0 radical (unpaired) electrons. The van der Waals surface area contributed by atoms with Gasteiger partial charge in [0.2, 0.25) is 5.76 Å². The molecule has 1 atom stereocenters. The Morgan fingerprint density at radius 2 is 2.05 bits per heavy atom. The molecule has 3 aliphatic rings. The topological polar surface area (TPSA) is 95.9 Å². The first-order valence-corrected chi connectivity index (χ1v) is 6.00. The summed E-state index contributed by atoms with van der Waals surface area (Å²) in [6, 6.07) is -0.321. The average Bonchev–Trinajstić information content (AvgIpc) is 2.43. The molecular formula is C14H11NO5. The van der Waals surface area contributed by atoms with Crippen molar-refractivity contribution in [3.63, 3.8) is 0 Å². The molecule has 0 aromatic carbocycles. The SMILES string of the molecule is O=C(O)C1=CC=C2C=C3CC=C(C(=O)O)OC3=CC2N1. The lowest BCUT2D eigenvalue weighted by Gasteiger charge is -2.29. The van der Waals surface area contributed by atoms with Crippen LogP contribution in [0, 0.1) is 0 Å². The normalized spacial score (nSPS) is 23.4. The average molecular weight is 273 g/mol. The molecule has 0 aromatic rings. The number of nitrogens with one attached hydrogen (secondary N) is 1. The molecule has 2 aliphatic heterocycles. The fourth-order valence-electron chi connectivity index (χ4n) is 2.27. The molecule has 0 aromatic heterocycles. The van der Waals surface area contributed by atoms with Crippen LogP contribution in [0.3, 0.4) is 0 Å². The van der Waals surface area contributed by atoms with Crippen LogP contribution in [0.1, 0.15) is 6.42 Å². The Morgan fingerprint density at radius 3 is 2.75 bits per heavy atom. The van der Waals surface area contributed by atoms with Gasteiger partial charge in [0.05, 0.1) is 6.04 Å². The van der Waals surface area contributed by atoms with Crippen molar-refractivity contribution >= 4 is 11.9 Å². The van der Waals surface area contributed by atoms with E-state index in [4.69, 9.17) is 14.9 Å². The minimum Gasteiger partial charge on any atom is -0.477 e. The van der Waals surface area contributed by atoms with Crippen molar-refractivity contribution in [3.05, 3.63) is 58.7 Å². The van der Waals surface area contributed by atoms with E-state index in [1.807, 2.05) is 6.08 Å². The molecule has 1 unspecified atom stereocenters. The maximum absolute atomic E-state index is 10.9. The summed E-state index contributed by atoms with van der Waals surface area (Å²) in [6.07, 6.45) is 8.83. The van der Waals surface area contributed by atoms with E-state index in [0.717, 1.165) is 11.1 Å². The highest BCUT2D eigenvalue weighted by molar-refractivity contribution is 5.87. The molecule has 0 amide bonds. The number of dihydropyridines is 1. The van der Waals surface area contributed by atoms with Crippen molar-refractivity contribution in [1.29, 1.82) is 0 Å². The highest BCUT2D eigenvalue weighted by Gasteiger charge is 2.28. The van der Waals surface area contributed by atoms with Gasteiger partial charge in [-0.1, -0.05) is 6.08 Å². The minimum atomic E-state index is -1.12. The maximum atomic E-state index is 10.9. The highest BCUT2D eigenvalue weighted by atomic mass is 16.5. The van der Waals surface area contributed by atoms with Gasteiger partial charge in [-0.25, -0.2) is 9.59 Å². The smallest absolute Gasteiger partial charge is 0.371 e. The van der Waals surface area contributed by atoms with Gasteiger partial charge in [0.15, 0.2) is 0 Å². The van der Waals surface area contributed by atoms with Crippen molar-refractivity contribution in [3.8, 4) is 0 Å². The summed E-state index contributed by atoms with van der Waals surface area (Å²) >= 11 is 0. The Labute approximate surface area is 114 Å². The lowest BCUT2D eigenvalue weighted by molar-refractivity contribution is -0.136. The fourth-order valence-corrected chi connectivity index (χ4v) is 2.27. The van der Waals surface area contributed by atoms with E-state index in [1.54, 1.807) is 12.2 Å². The number of aliphatic carboxylic acids is 2.